The summed E-state index contributed by atoms with van der Waals surface area (Å²) in [4.78, 5) is 2.42. The van der Waals surface area contributed by atoms with Gasteiger partial charge in [0.25, 0.3) is 0 Å². The molecular weight excluding hydrogens is 140 g/mol. The molecule has 0 amide bonds. The molecule has 1 aliphatic rings. The fraction of sp³-hybridized carbons (Fsp3) is 1.00. The van der Waals surface area contributed by atoms with Gasteiger partial charge in [-0.1, -0.05) is 0 Å². The highest BCUT2D eigenvalue weighted by Gasteiger charge is 2.07. The molecule has 0 saturated carbocycles. The Bertz CT molecular complexity index is 92.1. The fourth-order valence-corrected chi connectivity index (χ4v) is 1.37. The second-order valence-electron chi connectivity index (χ2n) is 3.00. The smallest absolute Gasteiger partial charge is 0.0822 e. The van der Waals surface area contributed by atoms with E-state index in [1.54, 1.807) is 0 Å². The first-order chi connectivity index (χ1) is 5.43. The number of unbranched alkanes of at least 4 members (excludes halogenated alkanes) is 1. The van der Waals surface area contributed by atoms with Gasteiger partial charge >= 0.3 is 0 Å². The summed E-state index contributed by atoms with van der Waals surface area (Å²) in [6.45, 7) is 5.72. The van der Waals surface area contributed by atoms with Gasteiger partial charge in [-0.3, -0.25) is 0 Å². The van der Waals surface area contributed by atoms with Crippen molar-refractivity contribution in [1.29, 1.82) is 0 Å². The third-order valence-electron chi connectivity index (χ3n) is 2.08. The maximum atomic E-state index is 10.1. The van der Waals surface area contributed by atoms with E-state index in [1.807, 2.05) is 0 Å². The number of hydrogen-bond acceptors (Lipinski definition) is 2. The summed E-state index contributed by atoms with van der Waals surface area (Å²) in [7, 11) is 0. The Morgan fingerprint density at radius 2 is 1.91 bits per heavy atom. The Morgan fingerprint density at radius 1 is 1.18 bits per heavy atom. The highest BCUT2D eigenvalue weighted by molar-refractivity contribution is 4.66. The van der Waals surface area contributed by atoms with E-state index in [2.05, 4.69) is 10.2 Å². The molecule has 1 fully saturated rings. The van der Waals surface area contributed by atoms with Crippen molar-refractivity contribution in [3.05, 3.63) is 0 Å². The van der Waals surface area contributed by atoms with Gasteiger partial charge in [0.15, 0.2) is 0 Å². The van der Waals surface area contributed by atoms with Gasteiger partial charge in [0.2, 0.25) is 0 Å². The van der Waals surface area contributed by atoms with Gasteiger partial charge in [0.1, 0.15) is 0 Å². The van der Waals surface area contributed by atoms with Crippen molar-refractivity contribution in [2.24, 2.45) is 0 Å². The molecule has 0 aromatic heterocycles. The topological polar surface area (TPSA) is 35.2 Å². The van der Waals surface area contributed by atoms with Crippen LogP contribution in [0.2, 0.25) is 0 Å². The van der Waals surface area contributed by atoms with Crippen molar-refractivity contribution in [1.82, 2.24) is 10.2 Å². The molecule has 0 atom stereocenters. The summed E-state index contributed by atoms with van der Waals surface area (Å²) < 4.78 is 0. The monoisotopic (exact) mass is 157 g/mol. The normalized spacial score (nSPS) is 20.5. The molecule has 0 bridgehead atoms. The standard InChI is InChI=1S/C8H17N2O/c11-8-2-1-5-10-6-3-9-4-7-10/h9H,1-8H2. The van der Waals surface area contributed by atoms with Gasteiger partial charge in [-0.15, -0.1) is 0 Å². The van der Waals surface area contributed by atoms with E-state index in [0.29, 0.717) is 0 Å². The Labute approximate surface area is 68.4 Å². The second-order valence-corrected chi connectivity index (χ2v) is 3.00. The zero-order valence-electron chi connectivity index (χ0n) is 7.01. The first-order valence-electron chi connectivity index (χ1n) is 4.44. The minimum Gasteiger partial charge on any atom is -0.314 e. The molecular formula is C8H17N2O. The van der Waals surface area contributed by atoms with Gasteiger partial charge < -0.3 is 10.2 Å². The number of nitrogens with one attached hydrogen (secondary N) is 1. The first kappa shape index (κ1) is 8.97. The largest absolute Gasteiger partial charge is 0.314 e. The predicted molar refractivity (Wildman–Crippen MR) is 44.1 cm³/mol. The average molecular weight is 157 g/mol. The van der Waals surface area contributed by atoms with Crippen LogP contribution < -0.4 is 5.32 Å². The minimum atomic E-state index is 0.0894. The Hall–Kier alpha value is -0.120. The van der Waals surface area contributed by atoms with Crippen LogP contribution in [0.15, 0.2) is 0 Å². The molecule has 65 valence electrons. The van der Waals surface area contributed by atoms with Crippen LogP contribution in [0.1, 0.15) is 12.8 Å². The molecule has 0 spiro atoms. The second kappa shape index (κ2) is 5.52. The van der Waals surface area contributed by atoms with Crippen LogP contribution in [0, 0.1) is 0 Å². The highest BCUT2D eigenvalue weighted by Crippen LogP contribution is 1.96. The van der Waals surface area contributed by atoms with Gasteiger partial charge in [0, 0.05) is 26.2 Å². The molecule has 1 aliphatic heterocycles. The van der Waals surface area contributed by atoms with Crippen molar-refractivity contribution in [3.8, 4) is 0 Å². The van der Waals surface area contributed by atoms with Crippen LogP contribution in [0.3, 0.4) is 0 Å². The lowest BCUT2D eigenvalue weighted by Crippen LogP contribution is -2.43. The van der Waals surface area contributed by atoms with Crippen LogP contribution >= 0.6 is 0 Å². The predicted octanol–water partition coefficient (Wildman–Crippen LogP) is 0.102. The SMILES string of the molecule is [O]CCCCN1CCNCC1. The maximum absolute atomic E-state index is 10.1. The lowest BCUT2D eigenvalue weighted by atomic mass is 10.3. The van der Waals surface area contributed by atoms with Gasteiger partial charge in [-0.25, -0.2) is 5.11 Å². The van der Waals surface area contributed by atoms with E-state index in [1.165, 1.54) is 0 Å². The fourth-order valence-electron chi connectivity index (χ4n) is 1.37. The average Bonchev–Trinajstić information content (AvgIpc) is 2.07. The lowest BCUT2D eigenvalue weighted by molar-refractivity contribution is 0.174. The molecule has 3 heteroatoms. The minimum absolute atomic E-state index is 0.0894. The third kappa shape index (κ3) is 3.70. The summed E-state index contributed by atoms with van der Waals surface area (Å²) >= 11 is 0. The number of rotatable bonds is 4. The van der Waals surface area contributed by atoms with E-state index in [-0.39, 0.29) is 6.61 Å². The van der Waals surface area contributed by atoms with Crippen molar-refractivity contribution in [2.45, 2.75) is 12.8 Å². The summed E-state index contributed by atoms with van der Waals surface area (Å²) in [5.41, 5.74) is 0. The maximum Gasteiger partial charge on any atom is 0.0822 e. The Kier molecular flexibility index (Phi) is 4.50. The zero-order chi connectivity index (χ0) is 7.94. The van der Waals surface area contributed by atoms with E-state index in [4.69, 9.17) is 0 Å². The first-order valence-corrected chi connectivity index (χ1v) is 4.44. The number of hydrogen-bond donors (Lipinski definition) is 1. The molecule has 1 saturated heterocycles. The van der Waals surface area contributed by atoms with Crippen molar-refractivity contribution < 1.29 is 5.11 Å². The van der Waals surface area contributed by atoms with E-state index < -0.39 is 0 Å². The summed E-state index contributed by atoms with van der Waals surface area (Å²) in [6.07, 6.45) is 1.91. The number of piperazine rings is 1. The molecule has 0 aromatic rings. The van der Waals surface area contributed by atoms with Crippen LogP contribution in [0.4, 0.5) is 0 Å². The molecule has 11 heavy (non-hydrogen) atoms. The van der Waals surface area contributed by atoms with Crippen molar-refractivity contribution in [3.63, 3.8) is 0 Å². The van der Waals surface area contributed by atoms with Gasteiger partial charge in [-0.2, -0.15) is 0 Å². The Balaban J connectivity index is 1.96. The molecule has 0 aliphatic carbocycles. The molecule has 1 N–H and O–H groups in total. The van der Waals surface area contributed by atoms with Crippen LogP contribution in [-0.4, -0.2) is 44.2 Å². The zero-order valence-corrected chi connectivity index (χ0v) is 7.01. The van der Waals surface area contributed by atoms with E-state index >= 15 is 0 Å². The highest BCUT2D eigenvalue weighted by atomic mass is 16.2. The summed E-state index contributed by atoms with van der Waals surface area (Å²) in [5, 5.41) is 13.4. The van der Waals surface area contributed by atoms with Crippen LogP contribution in [0.25, 0.3) is 0 Å². The Morgan fingerprint density at radius 3 is 2.55 bits per heavy atom. The molecule has 0 aromatic carbocycles. The van der Waals surface area contributed by atoms with E-state index in [9.17, 15) is 5.11 Å². The third-order valence-corrected chi connectivity index (χ3v) is 2.08. The molecule has 1 radical (unpaired) electrons. The molecule has 0 unspecified atom stereocenters. The van der Waals surface area contributed by atoms with Crippen molar-refractivity contribution >= 4 is 0 Å². The summed E-state index contributed by atoms with van der Waals surface area (Å²) in [5.74, 6) is 0. The summed E-state index contributed by atoms with van der Waals surface area (Å²) in [6, 6.07) is 0. The van der Waals surface area contributed by atoms with Gasteiger partial charge in [-0.05, 0) is 19.4 Å². The lowest BCUT2D eigenvalue weighted by Gasteiger charge is -2.26. The molecule has 1 rings (SSSR count). The van der Waals surface area contributed by atoms with Crippen molar-refractivity contribution in [2.75, 3.05) is 39.3 Å². The number of nitrogens with zero attached hydrogens (tertiary/aromatic N) is 1. The van der Waals surface area contributed by atoms with Crippen LogP contribution in [-0.2, 0) is 5.11 Å². The van der Waals surface area contributed by atoms with E-state index in [0.717, 1.165) is 45.6 Å². The quantitative estimate of drug-likeness (QED) is 0.587. The van der Waals surface area contributed by atoms with Gasteiger partial charge in [0.05, 0.1) is 6.61 Å². The molecule has 3 nitrogen and oxygen atoms in total. The molecule has 1 heterocycles. The van der Waals surface area contributed by atoms with Crippen LogP contribution in [0.5, 0.6) is 0 Å².